The summed E-state index contributed by atoms with van der Waals surface area (Å²) in [4.78, 5) is 24.8. The lowest BCUT2D eigenvalue weighted by Gasteiger charge is -2.12. The third-order valence-corrected chi connectivity index (χ3v) is 4.51. The van der Waals surface area contributed by atoms with Crippen molar-refractivity contribution in [2.45, 2.75) is 24.7 Å². The fourth-order valence-electron chi connectivity index (χ4n) is 2.16. The van der Waals surface area contributed by atoms with Gasteiger partial charge in [-0.3, -0.25) is 20.4 Å². The normalized spacial score (nSPS) is 10.1. The largest absolute Gasteiger partial charge is 0.490 e. The summed E-state index contributed by atoms with van der Waals surface area (Å²) < 4.78 is 10.9. The van der Waals surface area contributed by atoms with Gasteiger partial charge in [-0.2, -0.15) is 0 Å². The van der Waals surface area contributed by atoms with Gasteiger partial charge in [0.05, 0.1) is 6.61 Å². The first-order valence-electron chi connectivity index (χ1n) is 8.79. The summed E-state index contributed by atoms with van der Waals surface area (Å²) in [5.74, 6) is 1.23. The Morgan fingerprint density at radius 1 is 0.889 bits per heavy atom. The Labute approximate surface area is 163 Å². The van der Waals surface area contributed by atoms with Crippen LogP contribution in [0.15, 0.2) is 59.5 Å². The Balaban J connectivity index is 1.60. The molecule has 144 valence electrons. The zero-order valence-corrected chi connectivity index (χ0v) is 16.1. The van der Waals surface area contributed by atoms with Gasteiger partial charge < -0.3 is 9.47 Å². The molecular weight excluding hydrogens is 364 g/mol. The second kappa shape index (κ2) is 11.9. The average molecular weight is 388 g/mol. The molecule has 6 nitrogen and oxygen atoms in total. The lowest BCUT2D eigenvalue weighted by molar-refractivity contribution is -0.130. The summed E-state index contributed by atoms with van der Waals surface area (Å²) in [5.41, 5.74) is 4.75. The van der Waals surface area contributed by atoms with Gasteiger partial charge in [-0.15, -0.1) is 11.8 Å². The van der Waals surface area contributed by atoms with Crippen LogP contribution in [0.1, 0.15) is 19.8 Å². The molecule has 0 unspecified atom stereocenters. The third kappa shape index (κ3) is 8.04. The molecule has 0 heterocycles. The number of hydrazine groups is 1. The first-order valence-corrected chi connectivity index (χ1v) is 9.77. The molecule has 0 saturated carbocycles. The van der Waals surface area contributed by atoms with Crippen LogP contribution in [0.2, 0.25) is 0 Å². The van der Waals surface area contributed by atoms with E-state index in [1.807, 2.05) is 43.3 Å². The summed E-state index contributed by atoms with van der Waals surface area (Å²) >= 11 is 1.70. The number of benzene rings is 2. The molecule has 0 aliphatic rings. The summed E-state index contributed by atoms with van der Waals surface area (Å²) in [6.45, 7) is 2.16. The van der Waals surface area contributed by atoms with E-state index in [0.717, 1.165) is 12.2 Å². The fraction of sp³-hybridized carbons (Fsp3) is 0.300. The Morgan fingerprint density at radius 3 is 2.22 bits per heavy atom. The molecule has 2 aromatic rings. The number of rotatable bonds is 10. The maximum absolute atomic E-state index is 11.8. The third-order valence-electron chi connectivity index (χ3n) is 3.41. The molecule has 0 spiro atoms. The van der Waals surface area contributed by atoms with E-state index in [1.165, 1.54) is 4.90 Å². The smallest absolute Gasteiger partial charge is 0.276 e. The number of carbonyl (C=O) groups is 2. The van der Waals surface area contributed by atoms with Crippen molar-refractivity contribution in [3.8, 4) is 11.5 Å². The highest BCUT2D eigenvalue weighted by atomic mass is 32.2. The minimum atomic E-state index is -0.437. The summed E-state index contributed by atoms with van der Waals surface area (Å²) in [6, 6.07) is 17.1. The van der Waals surface area contributed by atoms with Crippen molar-refractivity contribution in [3.05, 3.63) is 54.6 Å². The van der Waals surface area contributed by atoms with Crippen molar-refractivity contribution >= 4 is 23.6 Å². The van der Waals surface area contributed by atoms with Crippen LogP contribution in [0.5, 0.6) is 11.5 Å². The number of para-hydroxylation sites is 2. The van der Waals surface area contributed by atoms with Crippen molar-refractivity contribution in [1.29, 1.82) is 0 Å². The van der Waals surface area contributed by atoms with Crippen LogP contribution < -0.4 is 20.3 Å². The molecule has 0 aliphatic carbocycles. The van der Waals surface area contributed by atoms with Crippen LogP contribution in [0.25, 0.3) is 0 Å². The van der Waals surface area contributed by atoms with Crippen LogP contribution in [0, 0.1) is 0 Å². The lowest BCUT2D eigenvalue weighted by Crippen LogP contribution is -2.43. The first kappa shape index (κ1) is 20.6. The molecule has 2 N–H and O–H groups in total. The number of amides is 2. The number of ether oxygens (including phenoxy) is 2. The standard InChI is InChI=1S/C20H24N2O4S/c1-2-25-17-11-6-7-12-18(17)26-15-20(24)22-21-19(23)13-8-14-27-16-9-4-3-5-10-16/h3-7,9-12H,2,8,13-15H2,1H3,(H,21,23)(H,22,24). The van der Waals surface area contributed by atoms with Gasteiger partial charge in [0, 0.05) is 11.3 Å². The van der Waals surface area contributed by atoms with Gasteiger partial charge in [0.25, 0.3) is 5.91 Å². The van der Waals surface area contributed by atoms with Crippen LogP contribution in [-0.4, -0.2) is 30.8 Å². The Bertz CT molecular complexity index is 725. The number of hydrogen-bond acceptors (Lipinski definition) is 5. The van der Waals surface area contributed by atoms with Crippen molar-refractivity contribution in [3.63, 3.8) is 0 Å². The highest BCUT2D eigenvalue weighted by Crippen LogP contribution is 2.26. The zero-order valence-electron chi connectivity index (χ0n) is 15.3. The number of carbonyl (C=O) groups excluding carboxylic acids is 2. The second-order valence-corrected chi connectivity index (χ2v) is 6.70. The van der Waals surface area contributed by atoms with Gasteiger partial charge in [-0.25, -0.2) is 0 Å². The molecule has 2 amide bonds. The molecule has 0 aliphatic heterocycles. The number of nitrogens with one attached hydrogen (secondary N) is 2. The molecular formula is C20H24N2O4S. The van der Waals surface area contributed by atoms with Gasteiger partial charge >= 0.3 is 0 Å². The van der Waals surface area contributed by atoms with Gasteiger partial charge in [-0.1, -0.05) is 30.3 Å². The quantitative estimate of drug-likeness (QED) is 0.371. The highest BCUT2D eigenvalue weighted by molar-refractivity contribution is 7.99. The molecule has 2 rings (SSSR count). The number of thioether (sulfide) groups is 1. The van der Waals surface area contributed by atoms with E-state index in [-0.39, 0.29) is 12.5 Å². The van der Waals surface area contributed by atoms with E-state index in [1.54, 1.807) is 30.0 Å². The Morgan fingerprint density at radius 2 is 1.52 bits per heavy atom. The van der Waals surface area contributed by atoms with E-state index >= 15 is 0 Å². The predicted molar refractivity (Wildman–Crippen MR) is 106 cm³/mol. The molecule has 0 aromatic heterocycles. The van der Waals surface area contributed by atoms with Crippen LogP contribution in [0.4, 0.5) is 0 Å². The molecule has 2 aromatic carbocycles. The Hall–Kier alpha value is -2.67. The maximum atomic E-state index is 11.8. The highest BCUT2D eigenvalue weighted by Gasteiger charge is 2.08. The maximum Gasteiger partial charge on any atom is 0.276 e. The molecule has 0 radical (unpaired) electrons. The average Bonchev–Trinajstić information content (AvgIpc) is 2.70. The zero-order chi connectivity index (χ0) is 19.3. The van der Waals surface area contributed by atoms with Gasteiger partial charge in [0.1, 0.15) is 0 Å². The summed E-state index contributed by atoms with van der Waals surface area (Å²) in [5, 5.41) is 0. The second-order valence-electron chi connectivity index (χ2n) is 5.53. The van der Waals surface area contributed by atoms with E-state index in [0.29, 0.717) is 24.5 Å². The summed E-state index contributed by atoms with van der Waals surface area (Å²) in [6.07, 6.45) is 1.06. The van der Waals surface area contributed by atoms with Gasteiger partial charge in [-0.05, 0) is 43.4 Å². The molecule has 0 saturated heterocycles. The molecule has 27 heavy (non-hydrogen) atoms. The van der Waals surface area contributed by atoms with E-state index in [9.17, 15) is 9.59 Å². The van der Waals surface area contributed by atoms with Crippen molar-refractivity contribution < 1.29 is 19.1 Å². The molecule has 0 bridgehead atoms. The van der Waals surface area contributed by atoms with E-state index in [2.05, 4.69) is 10.9 Å². The van der Waals surface area contributed by atoms with Crippen molar-refractivity contribution in [1.82, 2.24) is 10.9 Å². The van der Waals surface area contributed by atoms with Crippen LogP contribution in [-0.2, 0) is 9.59 Å². The SMILES string of the molecule is CCOc1ccccc1OCC(=O)NNC(=O)CCCSc1ccccc1. The van der Waals surface area contributed by atoms with Gasteiger partial charge in [0.2, 0.25) is 5.91 Å². The minimum Gasteiger partial charge on any atom is -0.490 e. The summed E-state index contributed by atoms with van der Waals surface area (Å²) in [7, 11) is 0. The van der Waals surface area contributed by atoms with Crippen LogP contribution >= 0.6 is 11.8 Å². The van der Waals surface area contributed by atoms with Gasteiger partial charge in [0.15, 0.2) is 18.1 Å². The van der Waals surface area contributed by atoms with E-state index in [4.69, 9.17) is 9.47 Å². The number of hydrogen-bond donors (Lipinski definition) is 2. The van der Waals surface area contributed by atoms with Crippen molar-refractivity contribution in [2.24, 2.45) is 0 Å². The van der Waals surface area contributed by atoms with Crippen LogP contribution in [0.3, 0.4) is 0 Å². The minimum absolute atomic E-state index is 0.214. The van der Waals surface area contributed by atoms with E-state index < -0.39 is 5.91 Å². The monoisotopic (exact) mass is 388 g/mol. The molecule has 0 atom stereocenters. The predicted octanol–water partition coefficient (Wildman–Crippen LogP) is 3.18. The molecule has 7 heteroatoms. The lowest BCUT2D eigenvalue weighted by atomic mass is 10.3. The van der Waals surface area contributed by atoms with Crippen molar-refractivity contribution in [2.75, 3.05) is 19.0 Å². The topological polar surface area (TPSA) is 76.7 Å². The molecule has 0 fully saturated rings. The Kier molecular flexibility index (Phi) is 9.06. The first-order chi connectivity index (χ1) is 13.2. The fourth-order valence-corrected chi connectivity index (χ4v) is 3.04.